The molecule has 3 rings (SSSR count). The van der Waals surface area contributed by atoms with Crippen LogP contribution in [0, 0.1) is 0 Å². The Bertz CT molecular complexity index is 1030. The van der Waals surface area contributed by atoms with Crippen LogP contribution >= 0.6 is 0 Å². The van der Waals surface area contributed by atoms with Crippen molar-refractivity contribution in [3.63, 3.8) is 0 Å². The molecular formula is C24H24N2O2. The minimum Gasteiger partial charge on any atom is -0.482 e. The zero-order chi connectivity index (χ0) is 20.3. The second-order valence-electron chi connectivity index (χ2n) is 7.10. The normalized spacial score (nSPS) is 14.8. The van der Waals surface area contributed by atoms with Gasteiger partial charge in [-0.15, -0.1) is 0 Å². The summed E-state index contributed by atoms with van der Waals surface area (Å²) in [4.78, 5) is 17.4. The maximum absolute atomic E-state index is 12.9. The number of anilines is 1. The molecule has 0 amide bonds. The number of hydrogen-bond acceptors (Lipinski definition) is 4. The summed E-state index contributed by atoms with van der Waals surface area (Å²) in [7, 11) is 0. The van der Waals surface area contributed by atoms with Gasteiger partial charge in [0.2, 0.25) is 0 Å². The molecule has 4 nitrogen and oxygen atoms in total. The van der Waals surface area contributed by atoms with Crippen molar-refractivity contribution in [3.05, 3.63) is 77.2 Å². The van der Waals surface area contributed by atoms with E-state index in [1.54, 1.807) is 24.3 Å². The monoisotopic (exact) mass is 372 g/mol. The Morgan fingerprint density at radius 2 is 2.00 bits per heavy atom. The molecule has 1 aliphatic heterocycles. The van der Waals surface area contributed by atoms with Crippen molar-refractivity contribution < 1.29 is 9.53 Å². The fourth-order valence-electron chi connectivity index (χ4n) is 2.98. The summed E-state index contributed by atoms with van der Waals surface area (Å²) in [5.74, 6) is 0.358. The van der Waals surface area contributed by atoms with Crippen LogP contribution in [0.25, 0.3) is 24.3 Å². The fraction of sp³-hybridized carbons (Fsp3) is 0.167. The Balaban J connectivity index is 1.94. The van der Waals surface area contributed by atoms with Gasteiger partial charge in [0.1, 0.15) is 11.4 Å². The number of allylic oxidation sites excluding steroid dienone is 2. The number of ether oxygens (including phenoxy) is 1. The second-order valence-corrected chi connectivity index (χ2v) is 7.10. The number of fused-ring (bicyclic) bond motifs is 1. The zero-order valence-electron chi connectivity index (χ0n) is 16.4. The lowest BCUT2D eigenvalue weighted by molar-refractivity contribution is 0.103. The van der Waals surface area contributed by atoms with Crippen LogP contribution in [0.5, 0.6) is 5.75 Å². The van der Waals surface area contributed by atoms with Crippen LogP contribution in [0.3, 0.4) is 0 Å². The summed E-state index contributed by atoms with van der Waals surface area (Å²) in [5.41, 5.74) is 9.80. The summed E-state index contributed by atoms with van der Waals surface area (Å²) in [6, 6.07) is 7.22. The van der Waals surface area contributed by atoms with E-state index in [1.807, 2.05) is 57.2 Å². The third-order valence-electron chi connectivity index (χ3n) is 4.44. The average molecular weight is 372 g/mol. The summed E-state index contributed by atoms with van der Waals surface area (Å²) >= 11 is 0. The first-order chi connectivity index (χ1) is 13.3. The van der Waals surface area contributed by atoms with Gasteiger partial charge in [0.25, 0.3) is 0 Å². The Kier molecular flexibility index (Phi) is 5.32. The first kappa shape index (κ1) is 19.4. The van der Waals surface area contributed by atoms with E-state index < -0.39 is 5.60 Å². The fourth-order valence-corrected chi connectivity index (χ4v) is 2.98. The van der Waals surface area contributed by atoms with E-state index in [0.717, 1.165) is 16.8 Å². The third kappa shape index (κ3) is 3.96. The maximum Gasteiger partial charge on any atom is 0.189 e. The summed E-state index contributed by atoms with van der Waals surface area (Å²) in [6.45, 7) is 9.61. The smallest absolute Gasteiger partial charge is 0.189 e. The number of nitrogens with two attached hydrogens (primary N) is 1. The predicted octanol–water partition coefficient (Wildman–Crippen LogP) is 5.42. The second kappa shape index (κ2) is 7.69. The molecule has 2 heterocycles. The van der Waals surface area contributed by atoms with Crippen LogP contribution in [0.15, 0.2) is 49.1 Å². The number of nitrogen functional groups attached to an aromatic ring is 1. The van der Waals surface area contributed by atoms with Gasteiger partial charge in [-0.1, -0.05) is 24.8 Å². The van der Waals surface area contributed by atoms with Crippen molar-refractivity contribution in [2.45, 2.75) is 26.4 Å². The van der Waals surface area contributed by atoms with Crippen molar-refractivity contribution in [1.82, 2.24) is 4.98 Å². The van der Waals surface area contributed by atoms with Crippen molar-refractivity contribution in [2.24, 2.45) is 0 Å². The number of carbonyl (C=O) groups is 1. The van der Waals surface area contributed by atoms with Gasteiger partial charge in [-0.3, -0.25) is 4.79 Å². The van der Waals surface area contributed by atoms with Gasteiger partial charge in [-0.25, -0.2) is 4.98 Å². The van der Waals surface area contributed by atoms with Gasteiger partial charge in [0, 0.05) is 11.3 Å². The minimum absolute atomic E-state index is 0.162. The SMILES string of the molecule is C=Cc1ccc(C=CC(=O)c2ccc(N)c3c2OC(C)(C)C=C3)nc1C=CC. The number of aromatic nitrogens is 1. The lowest BCUT2D eigenvalue weighted by Crippen LogP contribution is -2.28. The van der Waals surface area contributed by atoms with Gasteiger partial charge in [0.15, 0.2) is 5.78 Å². The van der Waals surface area contributed by atoms with E-state index in [1.165, 1.54) is 6.08 Å². The summed E-state index contributed by atoms with van der Waals surface area (Å²) in [5, 5.41) is 0. The van der Waals surface area contributed by atoms with Crippen LogP contribution in [0.4, 0.5) is 5.69 Å². The summed E-state index contributed by atoms with van der Waals surface area (Å²) in [6.07, 6.45) is 12.6. The first-order valence-electron chi connectivity index (χ1n) is 9.14. The van der Waals surface area contributed by atoms with Gasteiger partial charge in [0.05, 0.1) is 17.0 Å². The Labute approximate surface area is 165 Å². The Morgan fingerprint density at radius 1 is 1.21 bits per heavy atom. The summed E-state index contributed by atoms with van der Waals surface area (Å²) < 4.78 is 6.03. The number of carbonyl (C=O) groups excluding carboxylic acids is 1. The molecule has 0 bridgehead atoms. The van der Waals surface area contributed by atoms with Crippen molar-refractivity contribution in [1.29, 1.82) is 0 Å². The standard InChI is InChI=1S/C24H24N2O2/c1-5-7-21-16(6-2)8-9-17(26-21)10-13-22(27)19-11-12-20(25)18-14-15-24(3,4)28-23(18)19/h5-15H,2,25H2,1,3-4H3. The molecule has 0 fully saturated rings. The molecule has 0 aliphatic carbocycles. The van der Waals surface area contributed by atoms with Crippen LogP contribution in [0.1, 0.15) is 53.6 Å². The molecule has 0 saturated heterocycles. The van der Waals surface area contributed by atoms with Gasteiger partial charge >= 0.3 is 0 Å². The number of hydrogen-bond donors (Lipinski definition) is 1. The average Bonchev–Trinajstić information content (AvgIpc) is 2.66. The Hall–Kier alpha value is -3.40. The molecule has 0 spiro atoms. The topological polar surface area (TPSA) is 65.2 Å². The first-order valence-corrected chi connectivity index (χ1v) is 9.14. The van der Waals surface area contributed by atoms with E-state index in [-0.39, 0.29) is 5.78 Å². The quantitative estimate of drug-likeness (QED) is 0.432. The largest absolute Gasteiger partial charge is 0.482 e. The van der Waals surface area contributed by atoms with Crippen molar-refractivity contribution >= 4 is 35.8 Å². The Morgan fingerprint density at radius 3 is 2.71 bits per heavy atom. The molecule has 28 heavy (non-hydrogen) atoms. The molecule has 142 valence electrons. The van der Waals surface area contributed by atoms with Crippen LogP contribution in [0.2, 0.25) is 0 Å². The lowest BCUT2D eigenvalue weighted by atomic mass is 9.96. The third-order valence-corrected chi connectivity index (χ3v) is 4.44. The maximum atomic E-state index is 12.9. The molecule has 1 aromatic carbocycles. The highest BCUT2D eigenvalue weighted by molar-refractivity contribution is 6.09. The van der Waals surface area contributed by atoms with Crippen molar-refractivity contribution in [2.75, 3.05) is 5.73 Å². The van der Waals surface area contributed by atoms with Crippen LogP contribution in [-0.2, 0) is 0 Å². The van der Waals surface area contributed by atoms with E-state index in [4.69, 9.17) is 10.5 Å². The minimum atomic E-state index is -0.497. The van der Waals surface area contributed by atoms with E-state index in [0.29, 0.717) is 22.7 Å². The molecule has 4 heteroatoms. The molecule has 0 atom stereocenters. The van der Waals surface area contributed by atoms with Crippen LogP contribution < -0.4 is 10.5 Å². The number of pyridine rings is 1. The number of benzene rings is 1. The highest BCUT2D eigenvalue weighted by atomic mass is 16.5. The number of rotatable bonds is 5. The number of ketones is 1. The van der Waals surface area contributed by atoms with Crippen LogP contribution in [-0.4, -0.2) is 16.4 Å². The lowest BCUT2D eigenvalue weighted by Gasteiger charge is -2.29. The molecule has 1 aliphatic rings. The molecule has 2 N–H and O–H groups in total. The highest BCUT2D eigenvalue weighted by Crippen LogP contribution is 2.37. The predicted molar refractivity (Wildman–Crippen MR) is 117 cm³/mol. The molecule has 2 aromatic rings. The molecule has 1 aromatic heterocycles. The van der Waals surface area contributed by atoms with Gasteiger partial charge < -0.3 is 10.5 Å². The highest BCUT2D eigenvalue weighted by Gasteiger charge is 2.26. The molecular weight excluding hydrogens is 348 g/mol. The van der Waals surface area contributed by atoms with Gasteiger partial charge in [-0.05, 0) is 74.9 Å². The number of nitrogens with zero attached hydrogens (tertiary/aromatic N) is 1. The van der Waals surface area contributed by atoms with Crippen molar-refractivity contribution in [3.8, 4) is 5.75 Å². The van der Waals surface area contributed by atoms with E-state index >= 15 is 0 Å². The molecule has 0 radical (unpaired) electrons. The zero-order valence-corrected chi connectivity index (χ0v) is 16.4. The van der Waals surface area contributed by atoms with E-state index in [2.05, 4.69) is 11.6 Å². The molecule has 0 saturated carbocycles. The van der Waals surface area contributed by atoms with E-state index in [9.17, 15) is 4.79 Å². The molecule has 0 unspecified atom stereocenters. The van der Waals surface area contributed by atoms with Gasteiger partial charge in [-0.2, -0.15) is 0 Å².